The third kappa shape index (κ3) is 1.45. The summed E-state index contributed by atoms with van der Waals surface area (Å²) in [5.41, 5.74) is 1.33. The molecule has 1 heterocycles. The van der Waals surface area contributed by atoms with Crippen LogP contribution in [-0.2, 0) is 0 Å². The molecule has 0 aliphatic heterocycles. The number of aromatic amines is 1. The molecule has 65 valence electrons. The SMILES string of the molecule is Fc1ccc(-c2[c]c[nH]c2)cc1F. The molecule has 1 aromatic carbocycles. The van der Waals surface area contributed by atoms with Crippen LogP contribution in [0.4, 0.5) is 8.78 Å². The summed E-state index contributed by atoms with van der Waals surface area (Å²) in [6.45, 7) is 0. The molecule has 0 saturated carbocycles. The van der Waals surface area contributed by atoms with Gasteiger partial charge < -0.3 is 4.98 Å². The second-order valence-corrected chi connectivity index (χ2v) is 2.64. The Hall–Kier alpha value is -1.64. The number of H-pyrrole nitrogens is 1. The summed E-state index contributed by atoms with van der Waals surface area (Å²) in [6, 6.07) is 6.62. The van der Waals surface area contributed by atoms with Crippen molar-refractivity contribution in [2.24, 2.45) is 0 Å². The van der Waals surface area contributed by atoms with Gasteiger partial charge in [-0.25, -0.2) is 8.78 Å². The van der Waals surface area contributed by atoms with Gasteiger partial charge in [0.15, 0.2) is 11.6 Å². The van der Waals surface area contributed by atoms with Gasteiger partial charge in [-0.3, -0.25) is 0 Å². The van der Waals surface area contributed by atoms with Crippen molar-refractivity contribution in [3.63, 3.8) is 0 Å². The zero-order valence-corrected chi connectivity index (χ0v) is 6.64. The summed E-state index contributed by atoms with van der Waals surface area (Å²) in [7, 11) is 0. The van der Waals surface area contributed by atoms with Crippen LogP contribution in [0, 0.1) is 17.7 Å². The van der Waals surface area contributed by atoms with E-state index in [-0.39, 0.29) is 0 Å². The molecule has 0 aliphatic rings. The molecule has 0 atom stereocenters. The normalized spacial score (nSPS) is 10.3. The molecule has 1 N–H and O–H groups in total. The standard InChI is InChI=1S/C10H6F2N/c11-9-2-1-7(5-10(9)12)8-3-4-13-6-8/h1-2,4-6,13H. The van der Waals surface area contributed by atoms with E-state index >= 15 is 0 Å². The van der Waals surface area contributed by atoms with Crippen LogP contribution in [0.1, 0.15) is 0 Å². The van der Waals surface area contributed by atoms with Crippen LogP contribution in [0.25, 0.3) is 11.1 Å². The first-order valence-corrected chi connectivity index (χ1v) is 3.77. The van der Waals surface area contributed by atoms with E-state index in [1.165, 1.54) is 6.07 Å². The summed E-state index contributed by atoms with van der Waals surface area (Å²) >= 11 is 0. The van der Waals surface area contributed by atoms with E-state index in [1.54, 1.807) is 12.4 Å². The fourth-order valence-electron chi connectivity index (χ4n) is 1.12. The van der Waals surface area contributed by atoms with Crippen LogP contribution < -0.4 is 0 Å². The molecule has 1 nitrogen and oxygen atoms in total. The van der Waals surface area contributed by atoms with Crippen LogP contribution >= 0.6 is 0 Å². The van der Waals surface area contributed by atoms with Gasteiger partial charge in [-0.15, -0.1) is 0 Å². The number of benzene rings is 1. The molecular formula is C10H6F2N. The Kier molecular flexibility index (Phi) is 1.85. The molecule has 3 heteroatoms. The number of hydrogen-bond acceptors (Lipinski definition) is 0. The van der Waals surface area contributed by atoms with E-state index in [0.29, 0.717) is 5.56 Å². The lowest BCUT2D eigenvalue weighted by atomic mass is 10.1. The Morgan fingerprint density at radius 2 is 2.00 bits per heavy atom. The lowest BCUT2D eigenvalue weighted by Gasteiger charge is -1.97. The Morgan fingerprint density at radius 3 is 2.62 bits per heavy atom. The minimum absolute atomic E-state index is 0.611. The summed E-state index contributed by atoms with van der Waals surface area (Å²) in [6.07, 6.45) is 3.28. The molecule has 0 fully saturated rings. The average molecular weight is 178 g/mol. The van der Waals surface area contributed by atoms with Gasteiger partial charge in [-0.05, 0) is 17.7 Å². The van der Waals surface area contributed by atoms with Crippen molar-refractivity contribution < 1.29 is 8.78 Å². The quantitative estimate of drug-likeness (QED) is 0.691. The smallest absolute Gasteiger partial charge is 0.159 e. The van der Waals surface area contributed by atoms with Gasteiger partial charge >= 0.3 is 0 Å². The molecular weight excluding hydrogens is 172 g/mol. The zero-order chi connectivity index (χ0) is 9.26. The molecule has 0 amide bonds. The molecule has 1 radical (unpaired) electrons. The number of aromatic nitrogens is 1. The van der Waals surface area contributed by atoms with Gasteiger partial charge in [0.05, 0.1) is 0 Å². The minimum atomic E-state index is -0.841. The highest BCUT2D eigenvalue weighted by Gasteiger charge is 2.04. The highest BCUT2D eigenvalue weighted by Crippen LogP contribution is 2.19. The van der Waals surface area contributed by atoms with E-state index in [4.69, 9.17) is 0 Å². The maximum absolute atomic E-state index is 12.8. The number of halogens is 2. The molecule has 1 aromatic heterocycles. The van der Waals surface area contributed by atoms with Gasteiger partial charge in [0.2, 0.25) is 0 Å². The summed E-state index contributed by atoms with van der Waals surface area (Å²) < 4.78 is 25.3. The predicted molar refractivity (Wildman–Crippen MR) is 45.0 cm³/mol. The third-order valence-electron chi connectivity index (χ3n) is 1.77. The van der Waals surface area contributed by atoms with E-state index in [1.807, 2.05) is 0 Å². The molecule has 2 aromatic rings. The van der Waals surface area contributed by atoms with Crippen LogP contribution in [0.2, 0.25) is 0 Å². The summed E-state index contributed by atoms with van der Waals surface area (Å²) in [4.78, 5) is 2.79. The highest BCUT2D eigenvalue weighted by molar-refractivity contribution is 5.61. The minimum Gasteiger partial charge on any atom is -0.366 e. The maximum atomic E-state index is 12.8. The second kappa shape index (κ2) is 3.01. The Labute approximate surface area is 74.0 Å². The van der Waals surface area contributed by atoms with Crippen LogP contribution in [-0.4, -0.2) is 4.98 Å². The molecule has 13 heavy (non-hydrogen) atoms. The number of hydrogen-bond donors (Lipinski definition) is 1. The first kappa shape index (κ1) is 7.98. The topological polar surface area (TPSA) is 15.8 Å². The molecule has 0 bridgehead atoms. The predicted octanol–water partition coefficient (Wildman–Crippen LogP) is 2.76. The van der Waals surface area contributed by atoms with Crippen molar-refractivity contribution in [1.82, 2.24) is 4.98 Å². The first-order chi connectivity index (χ1) is 6.27. The second-order valence-electron chi connectivity index (χ2n) is 2.64. The average Bonchev–Trinajstić information content (AvgIpc) is 2.62. The van der Waals surface area contributed by atoms with Gasteiger partial charge in [0.1, 0.15) is 0 Å². The van der Waals surface area contributed by atoms with Gasteiger partial charge in [0.25, 0.3) is 0 Å². The Balaban J connectivity index is 2.49. The Bertz CT molecular complexity index is 407. The van der Waals surface area contributed by atoms with E-state index in [9.17, 15) is 8.78 Å². The molecule has 0 spiro atoms. The van der Waals surface area contributed by atoms with Crippen molar-refractivity contribution in [2.75, 3.05) is 0 Å². The van der Waals surface area contributed by atoms with Gasteiger partial charge in [0, 0.05) is 24.0 Å². The van der Waals surface area contributed by atoms with Crippen LogP contribution in [0.3, 0.4) is 0 Å². The largest absolute Gasteiger partial charge is 0.366 e. The summed E-state index contributed by atoms with van der Waals surface area (Å²) in [5.74, 6) is -1.67. The van der Waals surface area contributed by atoms with Crippen LogP contribution in [0.15, 0.2) is 30.6 Å². The van der Waals surface area contributed by atoms with Gasteiger partial charge in [-0.1, -0.05) is 6.07 Å². The van der Waals surface area contributed by atoms with Crippen molar-refractivity contribution in [3.8, 4) is 11.1 Å². The maximum Gasteiger partial charge on any atom is 0.159 e. The fraction of sp³-hybridized carbons (Fsp3) is 0. The van der Waals surface area contributed by atoms with E-state index in [2.05, 4.69) is 11.1 Å². The van der Waals surface area contributed by atoms with Crippen molar-refractivity contribution in [1.29, 1.82) is 0 Å². The molecule has 0 aliphatic carbocycles. The fourth-order valence-corrected chi connectivity index (χ4v) is 1.12. The number of rotatable bonds is 1. The van der Waals surface area contributed by atoms with Crippen molar-refractivity contribution >= 4 is 0 Å². The molecule has 2 rings (SSSR count). The lowest BCUT2D eigenvalue weighted by molar-refractivity contribution is 0.509. The van der Waals surface area contributed by atoms with E-state index in [0.717, 1.165) is 17.7 Å². The summed E-state index contributed by atoms with van der Waals surface area (Å²) in [5, 5.41) is 0. The third-order valence-corrected chi connectivity index (χ3v) is 1.77. The highest BCUT2D eigenvalue weighted by atomic mass is 19.2. The monoisotopic (exact) mass is 178 g/mol. The van der Waals surface area contributed by atoms with E-state index < -0.39 is 11.6 Å². The molecule has 0 unspecified atom stereocenters. The molecule has 0 saturated heterocycles. The van der Waals surface area contributed by atoms with Crippen molar-refractivity contribution in [2.45, 2.75) is 0 Å². The van der Waals surface area contributed by atoms with Crippen molar-refractivity contribution in [3.05, 3.63) is 48.3 Å². The lowest BCUT2D eigenvalue weighted by Crippen LogP contribution is -1.83. The zero-order valence-electron chi connectivity index (χ0n) is 6.64. The number of nitrogens with one attached hydrogen (secondary N) is 1. The first-order valence-electron chi connectivity index (χ1n) is 3.77. The Morgan fingerprint density at radius 1 is 1.15 bits per heavy atom. The van der Waals surface area contributed by atoms with Gasteiger partial charge in [-0.2, -0.15) is 0 Å². The van der Waals surface area contributed by atoms with Crippen LogP contribution in [0.5, 0.6) is 0 Å².